The van der Waals surface area contributed by atoms with Crippen LogP contribution in [0.5, 0.6) is 0 Å². The fraction of sp³-hybridized carbons (Fsp3) is 0.185. The Hall–Kier alpha value is -4.06. The third kappa shape index (κ3) is 4.20. The first kappa shape index (κ1) is 20.8. The molecule has 2 aromatic carbocycles. The molecule has 4 aromatic rings. The number of pyridine rings is 2. The number of anilines is 1. The first-order valence-electron chi connectivity index (χ1n) is 11.1. The minimum absolute atomic E-state index is 0.0114. The van der Waals surface area contributed by atoms with Gasteiger partial charge < -0.3 is 9.80 Å². The number of amides is 1. The van der Waals surface area contributed by atoms with Crippen LogP contribution in [0, 0.1) is 0 Å². The summed E-state index contributed by atoms with van der Waals surface area (Å²) in [5, 5.41) is 0.851. The third-order valence-electron chi connectivity index (χ3n) is 6.08. The molecule has 1 aliphatic heterocycles. The Morgan fingerprint density at radius 2 is 1.55 bits per heavy atom. The summed E-state index contributed by atoms with van der Waals surface area (Å²) >= 11 is 0. The number of hydrogen-bond donors (Lipinski definition) is 0. The molecule has 3 heterocycles. The van der Waals surface area contributed by atoms with Crippen molar-refractivity contribution in [1.29, 1.82) is 0 Å². The van der Waals surface area contributed by atoms with Crippen LogP contribution < -0.4 is 4.90 Å². The SMILES string of the molecule is CC(=O)c1ccc(N2CCN(C(=O)c3cc(-c4ccccn4)nc4ccccc34)CC2)cc1. The number of carbonyl (C=O) groups is 2. The molecule has 33 heavy (non-hydrogen) atoms. The Bertz CT molecular complexity index is 1310. The van der Waals surface area contributed by atoms with Gasteiger partial charge in [0.2, 0.25) is 0 Å². The summed E-state index contributed by atoms with van der Waals surface area (Å²) in [7, 11) is 0. The van der Waals surface area contributed by atoms with E-state index in [2.05, 4.69) is 9.88 Å². The molecule has 1 fully saturated rings. The van der Waals surface area contributed by atoms with Crippen molar-refractivity contribution in [2.24, 2.45) is 0 Å². The second-order valence-electron chi connectivity index (χ2n) is 8.17. The molecule has 6 nitrogen and oxygen atoms in total. The second-order valence-corrected chi connectivity index (χ2v) is 8.17. The summed E-state index contributed by atoms with van der Waals surface area (Å²) in [6.07, 6.45) is 1.73. The van der Waals surface area contributed by atoms with Crippen molar-refractivity contribution in [3.63, 3.8) is 0 Å². The summed E-state index contributed by atoms with van der Waals surface area (Å²) in [5.41, 5.74) is 4.66. The zero-order valence-electron chi connectivity index (χ0n) is 18.4. The topological polar surface area (TPSA) is 66.4 Å². The van der Waals surface area contributed by atoms with Crippen LogP contribution in [0.25, 0.3) is 22.3 Å². The van der Waals surface area contributed by atoms with Crippen LogP contribution >= 0.6 is 0 Å². The number of rotatable bonds is 4. The molecule has 0 spiro atoms. The number of aromatic nitrogens is 2. The summed E-state index contributed by atoms with van der Waals surface area (Å²) in [4.78, 5) is 38.4. The van der Waals surface area contributed by atoms with Crippen LogP contribution in [0.15, 0.2) is 79.0 Å². The Morgan fingerprint density at radius 3 is 2.24 bits per heavy atom. The highest BCUT2D eigenvalue weighted by Gasteiger charge is 2.24. The second kappa shape index (κ2) is 8.82. The average Bonchev–Trinajstić information content (AvgIpc) is 2.88. The van der Waals surface area contributed by atoms with Crippen molar-refractivity contribution < 1.29 is 9.59 Å². The number of carbonyl (C=O) groups excluding carboxylic acids is 2. The van der Waals surface area contributed by atoms with E-state index in [9.17, 15) is 9.59 Å². The predicted octanol–water partition coefficient (Wildman–Crippen LogP) is 4.46. The van der Waals surface area contributed by atoms with E-state index >= 15 is 0 Å². The highest BCUT2D eigenvalue weighted by molar-refractivity contribution is 6.07. The van der Waals surface area contributed by atoms with Crippen LogP contribution in [-0.2, 0) is 0 Å². The molecule has 0 aliphatic carbocycles. The van der Waals surface area contributed by atoms with E-state index in [1.807, 2.05) is 77.7 Å². The van der Waals surface area contributed by atoms with Crippen molar-refractivity contribution in [2.45, 2.75) is 6.92 Å². The third-order valence-corrected chi connectivity index (χ3v) is 6.08. The highest BCUT2D eigenvalue weighted by atomic mass is 16.2. The highest BCUT2D eigenvalue weighted by Crippen LogP contribution is 2.26. The summed E-state index contributed by atoms with van der Waals surface area (Å²) in [6.45, 7) is 4.30. The molecule has 164 valence electrons. The van der Waals surface area contributed by atoms with Crippen LogP contribution in [0.2, 0.25) is 0 Å². The standard InChI is InChI=1S/C27H24N4O2/c1-19(32)20-9-11-21(12-10-20)30-14-16-31(17-15-30)27(33)23-18-26(25-8-4-5-13-28-25)29-24-7-3-2-6-22(23)24/h2-13,18H,14-17H2,1H3. The molecule has 1 amide bonds. The smallest absolute Gasteiger partial charge is 0.254 e. The summed E-state index contributed by atoms with van der Waals surface area (Å²) in [6, 6.07) is 23.0. The lowest BCUT2D eigenvalue weighted by Crippen LogP contribution is -2.48. The molecule has 0 unspecified atom stereocenters. The van der Waals surface area contributed by atoms with Gasteiger partial charge >= 0.3 is 0 Å². The number of Topliss-reactive ketones (excluding diaryl/α,β-unsaturated/α-hetero) is 1. The van der Waals surface area contributed by atoms with Gasteiger partial charge in [0.1, 0.15) is 0 Å². The molecule has 0 bridgehead atoms. The molecule has 0 saturated carbocycles. The van der Waals surface area contributed by atoms with Crippen LogP contribution in [-0.4, -0.2) is 52.7 Å². The van der Waals surface area contributed by atoms with E-state index in [0.717, 1.165) is 35.4 Å². The van der Waals surface area contributed by atoms with Crippen molar-refractivity contribution in [3.8, 4) is 11.4 Å². The molecule has 0 atom stereocenters. The van der Waals surface area contributed by atoms with Gasteiger partial charge in [0, 0.05) is 49.0 Å². The molecule has 0 N–H and O–H groups in total. The lowest BCUT2D eigenvalue weighted by Gasteiger charge is -2.36. The number of benzene rings is 2. The minimum atomic E-state index is 0.0114. The van der Waals surface area contributed by atoms with Crippen molar-refractivity contribution in [2.75, 3.05) is 31.1 Å². The van der Waals surface area contributed by atoms with Gasteiger partial charge in [-0.3, -0.25) is 14.6 Å². The molecule has 0 radical (unpaired) electrons. The van der Waals surface area contributed by atoms with Crippen molar-refractivity contribution in [3.05, 3.63) is 90.1 Å². The van der Waals surface area contributed by atoms with E-state index in [1.165, 1.54) is 0 Å². The van der Waals surface area contributed by atoms with E-state index in [0.29, 0.717) is 29.9 Å². The molecular weight excluding hydrogens is 412 g/mol. The Balaban J connectivity index is 1.39. The molecule has 1 saturated heterocycles. The van der Waals surface area contributed by atoms with E-state index in [1.54, 1.807) is 13.1 Å². The normalized spacial score (nSPS) is 13.8. The molecule has 5 rings (SSSR count). The first-order valence-corrected chi connectivity index (χ1v) is 11.1. The maximum absolute atomic E-state index is 13.6. The molecule has 1 aliphatic rings. The molecule has 6 heteroatoms. The minimum Gasteiger partial charge on any atom is -0.368 e. The first-order chi connectivity index (χ1) is 16.1. The number of fused-ring (bicyclic) bond motifs is 1. The van der Waals surface area contributed by atoms with Gasteiger partial charge in [-0.25, -0.2) is 4.98 Å². The predicted molar refractivity (Wildman–Crippen MR) is 130 cm³/mol. The van der Waals surface area contributed by atoms with Gasteiger partial charge in [0.05, 0.1) is 22.5 Å². The number of ketones is 1. The zero-order chi connectivity index (χ0) is 22.8. The Morgan fingerprint density at radius 1 is 0.818 bits per heavy atom. The van der Waals surface area contributed by atoms with Crippen molar-refractivity contribution in [1.82, 2.24) is 14.9 Å². The van der Waals surface area contributed by atoms with Crippen molar-refractivity contribution >= 4 is 28.3 Å². The lowest BCUT2D eigenvalue weighted by atomic mass is 10.0. The van der Waals surface area contributed by atoms with Crippen LogP contribution in [0.4, 0.5) is 5.69 Å². The largest absolute Gasteiger partial charge is 0.368 e. The lowest BCUT2D eigenvalue weighted by molar-refractivity contribution is 0.0748. The van der Waals surface area contributed by atoms with Crippen LogP contribution in [0.3, 0.4) is 0 Å². The monoisotopic (exact) mass is 436 g/mol. The van der Waals surface area contributed by atoms with E-state index < -0.39 is 0 Å². The fourth-order valence-corrected chi connectivity index (χ4v) is 4.24. The van der Waals surface area contributed by atoms with Crippen LogP contribution in [0.1, 0.15) is 27.6 Å². The maximum Gasteiger partial charge on any atom is 0.254 e. The summed E-state index contributed by atoms with van der Waals surface area (Å²) in [5.74, 6) is 0.0731. The zero-order valence-corrected chi connectivity index (χ0v) is 18.4. The van der Waals surface area contributed by atoms with Gasteiger partial charge in [-0.2, -0.15) is 0 Å². The molecular formula is C27H24N4O2. The van der Waals surface area contributed by atoms with Gasteiger partial charge in [-0.1, -0.05) is 24.3 Å². The average molecular weight is 437 g/mol. The maximum atomic E-state index is 13.6. The van der Waals surface area contributed by atoms with Gasteiger partial charge in [-0.05, 0) is 55.5 Å². The molecule has 2 aromatic heterocycles. The summed E-state index contributed by atoms with van der Waals surface area (Å²) < 4.78 is 0. The van der Waals surface area contributed by atoms with E-state index in [4.69, 9.17) is 4.98 Å². The number of piperazine rings is 1. The van der Waals surface area contributed by atoms with E-state index in [-0.39, 0.29) is 11.7 Å². The fourth-order valence-electron chi connectivity index (χ4n) is 4.24. The van der Waals surface area contributed by atoms with Gasteiger partial charge in [0.25, 0.3) is 5.91 Å². The number of para-hydroxylation sites is 1. The Kier molecular flexibility index (Phi) is 5.57. The number of nitrogens with zero attached hydrogens (tertiary/aromatic N) is 4. The quantitative estimate of drug-likeness (QED) is 0.442. The number of hydrogen-bond acceptors (Lipinski definition) is 5. The van der Waals surface area contributed by atoms with Gasteiger partial charge in [-0.15, -0.1) is 0 Å². The van der Waals surface area contributed by atoms with Gasteiger partial charge in [0.15, 0.2) is 5.78 Å². The Labute approximate surface area is 192 Å².